The first-order valence-electron chi connectivity index (χ1n) is 10.6. The molecule has 4 rings (SSSR count). The van der Waals surface area contributed by atoms with Crippen molar-refractivity contribution in [2.45, 2.75) is 52.2 Å². The molecule has 1 saturated heterocycles. The molecule has 1 atom stereocenters. The van der Waals surface area contributed by atoms with E-state index in [1.165, 1.54) is 0 Å². The molecule has 2 aromatic rings. The lowest BCUT2D eigenvalue weighted by molar-refractivity contribution is -0.120. The number of nitrogens with one attached hydrogen (secondary N) is 1. The Kier molecular flexibility index (Phi) is 5.93. The Morgan fingerprint density at radius 3 is 2.77 bits per heavy atom. The summed E-state index contributed by atoms with van der Waals surface area (Å²) >= 11 is 0. The van der Waals surface area contributed by atoms with E-state index in [9.17, 15) is 9.59 Å². The number of amides is 2. The maximum Gasteiger partial charge on any atom is 0.227 e. The van der Waals surface area contributed by atoms with Crippen molar-refractivity contribution in [2.75, 3.05) is 18.1 Å². The summed E-state index contributed by atoms with van der Waals surface area (Å²) in [7, 11) is 0. The van der Waals surface area contributed by atoms with Crippen LogP contribution >= 0.6 is 0 Å². The van der Waals surface area contributed by atoms with E-state index in [1.807, 2.05) is 50.2 Å². The van der Waals surface area contributed by atoms with Gasteiger partial charge in [0.05, 0.1) is 13.0 Å². The number of benzene rings is 2. The first-order chi connectivity index (χ1) is 14.5. The fourth-order valence-electron chi connectivity index (χ4n) is 4.07. The van der Waals surface area contributed by atoms with Gasteiger partial charge in [0.2, 0.25) is 11.8 Å². The van der Waals surface area contributed by atoms with E-state index < -0.39 is 0 Å². The number of fused-ring (bicyclic) bond motifs is 1. The third kappa shape index (κ3) is 4.42. The van der Waals surface area contributed by atoms with E-state index in [0.717, 1.165) is 53.3 Å². The first-order valence-corrected chi connectivity index (χ1v) is 10.6. The van der Waals surface area contributed by atoms with Gasteiger partial charge in [0.15, 0.2) is 0 Å². The third-order valence-electron chi connectivity index (χ3n) is 5.54. The number of rotatable bonds is 7. The van der Waals surface area contributed by atoms with Crippen LogP contribution in [0.2, 0.25) is 0 Å². The predicted molar refractivity (Wildman–Crippen MR) is 115 cm³/mol. The van der Waals surface area contributed by atoms with Gasteiger partial charge >= 0.3 is 0 Å². The van der Waals surface area contributed by atoms with Gasteiger partial charge in [-0.25, -0.2) is 0 Å². The molecule has 0 radical (unpaired) electrons. The van der Waals surface area contributed by atoms with E-state index in [0.29, 0.717) is 19.6 Å². The minimum absolute atomic E-state index is 0.0581. The van der Waals surface area contributed by atoms with Crippen LogP contribution < -0.4 is 19.7 Å². The lowest BCUT2D eigenvalue weighted by Crippen LogP contribution is -2.25. The summed E-state index contributed by atoms with van der Waals surface area (Å²) in [6.07, 6.45) is 2.84. The van der Waals surface area contributed by atoms with Gasteiger partial charge in [0.25, 0.3) is 0 Å². The highest BCUT2D eigenvalue weighted by atomic mass is 16.5. The highest BCUT2D eigenvalue weighted by Crippen LogP contribution is 2.35. The maximum absolute atomic E-state index is 12.5. The van der Waals surface area contributed by atoms with Gasteiger partial charge < -0.3 is 19.7 Å². The number of carbonyl (C=O) groups excluding carboxylic acids is 2. The molecule has 0 saturated carbocycles. The van der Waals surface area contributed by atoms with Crippen molar-refractivity contribution in [3.05, 3.63) is 53.1 Å². The third-order valence-corrected chi connectivity index (χ3v) is 5.54. The van der Waals surface area contributed by atoms with Crippen LogP contribution in [0.1, 0.15) is 43.4 Å². The smallest absolute Gasteiger partial charge is 0.227 e. The van der Waals surface area contributed by atoms with Gasteiger partial charge in [0, 0.05) is 42.7 Å². The quantitative estimate of drug-likeness (QED) is 0.763. The molecule has 2 aliphatic heterocycles. The summed E-state index contributed by atoms with van der Waals surface area (Å²) in [5.74, 6) is 1.78. The Balaban J connectivity index is 1.37. The number of nitrogens with zero attached hydrogens (tertiary/aromatic N) is 1. The van der Waals surface area contributed by atoms with Crippen molar-refractivity contribution >= 4 is 17.5 Å². The highest BCUT2D eigenvalue weighted by Gasteiger charge is 2.23. The molecule has 0 bridgehead atoms. The fourth-order valence-corrected chi connectivity index (χ4v) is 4.07. The van der Waals surface area contributed by atoms with E-state index in [2.05, 4.69) is 5.32 Å². The molecule has 0 spiro atoms. The second kappa shape index (κ2) is 8.78. The van der Waals surface area contributed by atoms with E-state index in [-0.39, 0.29) is 24.3 Å². The summed E-state index contributed by atoms with van der Waals surface area (Å²) in [5.41, 5.74) is 3.88. The average molecular weight is 408 g/mol. The largest absolute Gasteiger partial charge is 0.494 e. The molecule has 0 unspecified atom stereocenters. The summed E-state index contributed by atoms with van der Waals surface area (Å²) in [6.45, 7) is 5.73. The number of anilines is 1. The molecule has 2 heterocycles. The highest BCUT2D eigenvalue weighted by molar-refractivity contribution is 5.95. The fraction of sp³-hybridized carbons (Fsp3) is 0.417. The lowest BCUT2D eigenvalue weighted by Gasteiger charge is -2.16. The van der Waals surface area contributed by atoms with Crippen molar-refractivity contribution in [1.29, 1.82) is 0 Å². The molecular formula is C24H28N2O4. The molecule has 2 aromatic carbocycles. The standard InChI is InChI=1S/C24H28N2O4/c1-3-29-21-13-18-11-16(2)30-22(18)14-19(21)15-25-23(27)12-17-6-8-20(9-7-17)26-10-4-5-24(26)28/h6-9,13-14,16H,3-5,10-12,15H2,1-2H3,(H,25,27)/t16-/m1/s1. The Morgan fingerprint density at radius 1 is 1.27 bits per heavy atom. The molecule has 0 aliphatic carbocycles. The molecule has 30 heavy (non-hydrogen) atoms. The zero-order chi connectivity index (χ0) is 21.1. The predicted octanol–water partition coefficient (Wildman–Crippen LogP) is 3.39. The maximum atomic E-state index is 12.5. The monoisotopic (exact) mass is 408 g/mol. The van der Waals surface area contributed by atoms with E-state index in [1.54, 1.807) is 4.90 Å². The Bertz CT molecular complexity index is 939. The molecule has 0 aromatic heterocycles. The van der Waals surface area contributed by atoms with E-state index in [4.69, 9.17) is 9.47 Å². The van der Waals surface area contributed by atoms with Gasteiger partial charge in [-0.05, 0) is 50.1 Å². The molecular weight excluding hydrogens is 380 g/mol. The van der Waals surface area contributed by atoms with E-state index >= 15 is 0 Å². The molecule has 2 aliphatic rings. The van der Waals surface area contributed by atoms with Crippen LogP contribution in [0, 0.1) is 0 Å². The minimum atomic E-state index is -0.0581. The van der Waals surface area contributed by atoms with Crippen LogP contribution in [0.25, 0.3) is 0 Å². The van der Waals surface area contributed by atoms with Gasteiger partial charge in [-0.1, -0.05) is 12.1 Å². The second-order valence-electron chi connectivity index (χ2n) is 7.90. The van der Waals surface area contributed by atoms with Crippen LogP contribution in [0.4, 0.5) is 5.69 Å². The molecule has 2 amide bonds. The second-order valence-corrected chi connectivity index (χ2v) is 7.90. The molecule has 158 valence electrons. The lowest BCUT2D eigenvalue weighted by atomic mass is 10.1. The van der Waals surface area contributed by atoms with Crippen molar-refractivity contribution < 1.29 is 19.1 Å². The topological polar surface area (TPSA) is 67.9 Å². The van der Waals surface area contributed by atoms with Crippen molar-refractivity contribution in [1.82, 2.24) is 5.32 Å². The zero-order valence-corrected chi connectivity index (χ0v) is 17.6. The van der Waals surface area contributed by atoms with Gasteiger partial charge in [-0.2, -0.15) is 0 Å². The Hall–Kier alpha value is -3.02. The van der Waals surface area contributed by atoms with Crippen LogP contribution in [-0.4, -0.2) is 31.1 Å². The number of ether oxygens (including phenoxy) is 2. The summed E-state index contributed by atoms with van der Waals surface area (Å²) in [5, 5.41) is 2.99. The Morgan fingerprint density at radius 2 is 2.07 bits per heavy atom. The first kappa shape index (κ1) is 20.3. The molecule has 6 nitrogen and oxygen atoms in total. The summed E-state index contributed by atoms with van der Waals surface area (Å²) in [6, 6.07) is 11.7. The van der Waals surface area contributed by atoms with Crippen LogP contribution in [0.5, 0.6) is 11.5 Å². The van der Waals surface area contributed by atoms with Crippen molar-refractivity contribution in [3.63, 3.8) is 0 Å². The van der Waals surface area contributed by atoms with Crippen LogP contribution in [-0.2, 0) is 29.0 Å². The molecule has 1 N–H and O–H groups in total. The average Bonchev–Trinajstić information content (AvgIpc) is 3.31. The van der Waals surface area contributed by atoms with Crippen LogP contribution in [0.3, 0.4) is 0 Å². The van der Waals surface area contributed by atoms with Gasteiger partial charge in [0.1, 0.15) is 17.6 Å². The summed E-state index contributed by atoms with van der Waals surface area (Å²) in [4.78, 5) is 26.2. The SMILES string of the molecule is CCOc1cc2c(cc1CNC(=O)Cc1ccc(N3CCCC3=O)cc1)O[C@H](C)C2. The van der Waals surface area contributed by atoms with Crippen LogP contribution in [0.15, 0.2) is 36.4 Å². The molecule has 1 fully saturated rings. The minimum Gasteiger partial charge on any atom is -0.494 e. The zero-order valence-electron chi connectivity index (χ0n) is 17.6. The summed E-state index contributed by atoms with van der Waals surface area (Å²) < 4.78 is 11.6. The van der Waals surface area contributed by atoms with Crippen molar-refractivity contribution in [2.24, 2.45) is 0 Å². The van der Waals surface area contributed by atoms with Crippen molar-refractivity contribution in [3.8, 4) is 11.5 Å². The number of hydrogen-bond donors (Lipinski definition) is 1. The van der Waals surface area contributed by atoms with Gasteiger partial charge in [-0.3, -0.25) is 9.59 Å². The Labute approximate surface area is 177 Å². The molecule has 6 heteroatoms. The number of hydrogen-bond acceptors (Lipinski definition) is 4. The number of carbonyl (C=O) groups is 2. The van der Waals surface area contributed by atoms with Gasteiger partial charge in [-0.15, -0.1) is 0 Å². The normalized spacial score (nSPS) is 17.6.